The summed E-state index contributed by atoms with van der Waals surface area (Å²) in [6, 6.07) is 30.1. The highest BCUT2D eigenvalue weighted by atomic mass is 35.5. The summed E-state index contributed by atoms with van der Waals surface area (Å²) >= 11 is 13.5. The maximum Gasteiger partial charge on any atom is 0.251 e. The van der Waals surface area contributed by atoms with Crippen LogP contribution in [0.15, 0.2) is 109 Å². The fourth-order valence-electron chi connectivity index (χ4n) is 5.32. The normalized spacial score (nSPS) is 11.0. The van der Waals surface area contributed by atoms with E-state index in [2.05, 4.69) is 20.6 Å². The van der Waals surface area contributed by atoms with Crippen LogP contribution in [0.25, 0.3) is 16.6 Å². The Bertz CT molecular complexity index is 2060. The van der Waals surface area contributed by atoms with Gasteiger partial charge in [0.25, 0.3) is 5.91 Å². The van der Waals surface area contributed by atoms with Crippen molar-refractivity contribution in [1.82, 2.24) is 25.2 Å². The van der Waals surface area contributed by atoms with Gasteiger partial charge in [-0.2, -0.15) is 0 Å². The van der Waals surface area contributed by atoms with Crippen molar-refractivity contribution in [3.05, 3.63) is 153 Å². The third kappa shape index (κ3) is 7.85. The average Bonchev–Trinajstić information content (AvgIpc) is 3.58. The Labute approximate surface area is 288 Å². The van der Waals surface area contributed by atoms with Crippen molar-refractivity contribution < 1.29 is 14.3 Å². The molecule has 0 aliphatic carbocycles. The summed E-state index contributed by atoms with van der Waals surface area (Å²) in [5.41, 5.74) is 6.22. The Balaban J connectivity index is 1.04. The van der Waals surface area contributed by atoms with Crippen molar-refractivity contribution in [1.29, 1.82) is 0 Å². The number of fused-ring (bicyclic) bond motifs is 1. The Kier molecular flexibility index (Phi) is 10.3. The molecule has 0 fully saturated rings. The first kappa shape index (κ1) is 32.7. The molecule has 8 nitrogen and oxygen atoms in total. The van der Waals surface area contributed by atoms with Crippen molar-refractivity contribution in [3.8, 4) is 11.4 Å². The highest BCUT2D eigenvalue weighted by Crippen LogP contribution is 2.33. The molecule has 3 aromatic heterocycles. The van der Waals surface area contributed by atoms with Crippen molar-refractivity contribution in [3.63, 3.8) is 0 Å². The molecule has 0 atom stereocenters. The highest BCUT2D eigenvalue weighted by Gasteiger charge is 2.16. The number of benzene rings is 3. The van der Waals surface area contributed by atoms with Crippen LogP contribution in [0.2, 0.25) is 10.0 Å². The van der Waals surface area contributed by atoms with E-state index in [1.54, 1.807) is 24.4 Å². The van der Waals surface area contributed by atoms with E-state index in [-0.39, 0.29) is 18.4 Å². The van der Waals surface area contributed by atoms with Crippen molar-refractivity contribution in [2.24, 2.45) is 0 Å². The first-order valence-electron chi connectivity index (χ1n) is 15.5. The SMILES string of the molecule is Cc1ccc2cccc(OCc3c(Cl)ccc(-n4cccc4CNC(=O)CCc4ccc(C(=O)NCc5ccccn5)cc4)c3Cl)c2n1. The van der Waals surface area contributed by atoms with Crippen LogP contribution in [-0.2, 0) is 30.9 Å². The molecule has 0 aliphatic rings. The van der Waals surface area contributed by atoms with Gasteiger partial charge in [0.05, 0.1) is 29.5 Å². The summed E-state index contributed by atoms with van der Waals surface area (Å²) in [5.74, 6) is 0.386. The lowest BCUT2D eigenvalue weighted by molar-refractivity contribution is -0.121. The summed E-state index contributed by atoms with van der Waals surface area (Å²) in [7, 11) is 0. The number of hydrogen-bond acceptors (Lipinski definition) is 5. The topological polar surface area (TPSA) is 98.1 Å². The van der Waals surface area contributed by atoms with Crippen molar-refractivity contribution in [2.75, 3.05) is 0 Å². The molecule has 2 N–H and O–H groups in total. The van der Waals surface area contributed by atoms with Crippen LogP contribution in [0, 0.1) is 6.92 Å². The Morgan fingerprint density at radius 1 is 0.854 bits per heavy atom. The second-order valence-electron chi connectivity index (χ2n) is 11.3. The largest absolute Gasteiger partial charge is 0.487 e. The van der Waals surface area contributed by atoms with Crippen LogP contribution in [0.5, 0.6) is 5.75 Å². The number of carbonyl (C=O) groups is 2. The Morgan fingerprint density at radius 2 is 1.71 bits per heavy atom. The fourth-order valence-corrected chi connectivity index (χ4v) is 5.89. The summed E-state index contributed by atoms with van der Waals surface area (Å²) in [5, 5.41) is 7.82. The van der Waals surface area contributed by atoms with E-state index >= 15 is 0 Å². The summed E-state index contributed by atoms with van der Waals surface area (Å²) < 4.78 is 8.13. The van der Waals surface area contributed by atoms with Gasteiger partial charge in [0.15, 0.2) is 0 Å². The lowest BCUT2D eigenvalue weighted by atomic mass is 10.1. The molecule has 0 spiro atoms. The minimum atomic E-state index is -0.175. The smallest absolute Gasteiger partial charge is 0.251 e. The third-order valence-corrected chi connectivity index (χ3v) is 8.71. The van der Waals surface area contributed by atoms with Gasteiger partial charge in [-0.15, -0.1) is 0 Å². The number of rotatable bonds is 12. The van der Waals surface area contributed by atoms with Crippen LogP contribution >= 0.6 is 23.2 Å². The Morgan fingerprint density at radius 3 is 2.52 bits per heavy atom. The van der Waals surface area contributed by atoms with E-state index in [0.29, 0.717) is 52.9 Å². The molecule has 6 rings (SSSR count). The molecule has 6 aromatic rings. The van der Waals surface area contributed by atoms with E-state index in [1.165, 1.54) is 0 Å². The first-order chi connectivity index (χ1) is 23.4. The molecule has 0 unspecified atom stereocenters. The molecule has 0 saturated carbocycles. The zero-order valence-corrected chi connectivity index (χ0v) is 27.8. The maximum absolute atomic E-state index is 12.8. The van der Waals surface area contributed by atoms with Gasteiger partial charge in [0.1, 0.15) is 17.9 Å². The number of nitrogens with zero attached hydrogens (tertiary/aromatic N) is 3. The van der Waals surface area contributed by atoms with E-state index in [1.807, 2.05) is 96.6 Å². The third-order valence-electron chi connectivity index (χ3n) is 7.93. The molecule has 2 amide bonds. The number of para-hydroxylation sites is 1. The second-order valence-corrected chi connectivity index (χ2v) is 12.1. The minimum absolute atomic E-state index is 0.0878. The number of amides is 2. The van der Waals surface area contributed by atoms with Gasteiger partial charge in [0.2, 0.25) is 5.91 Å². The van der Waals surface area contributed by atoms with Crippen LogP contribution in [0.4, 0.5) is 0 Å². The molecule has 0 saturated heterocycles. The molecule has 10 heteroatoms. The summed E-state index contributed by atoms with van der Waals surface area (Å²) in [4.78, 5) is 34.2. The van der Waals surface area contributed by atoms with Gasteiger partial charge >= 0.3 is 0 Å². The average molecular weight is 679 g/mol. The molecular formula is C38H33Cl2N5O3. The highest BCUT2D eigenvalue weighted by molar-refractivity contribution is 6.37. The van der Waals surface area contributed by atoms with Crippen LogP contribution < -0.4 is 15.4 Å². The predicted octanol–water partition coefficient (Wildman–Crippen LogP) is 7.79. The van der Waals surface area contributed by atoms with Crippen LogP contribution in [0.1, 0.15) is 45.0 Å². The number of pyridine rings is 2. The molecule has 3 aromatic carbocycles. The van der Waals surface area contributed by atoms with E-state index < -0.39 is 0 Å². The van der Waals surface area contributed by atoms with Crippen LogP contribution in [0.3, 0.4) is 0 Å². The van der Waals surface area contributed by atoms with Gasteiger partial charge < -0.3 is 19.9 Å². The van der Waals surface area contributed by atoms with Crippen molar-refractivity contribution >= 4 is 45.9 Å². The maximum atomic E-state index is 12.8. The number of nitrogens with one attached hydrogen (secondary N) is 2. The van der Waals surface area contributed by atoms with Gasteiger partial charge in [-0.1, -0.05) is 59.6 Å². The standard InChI is InChI=1S/C38H33Cl2N5O3/c1-25-10-14-27-6-4-9-34(37(27)44-25)48-24-31-32(39)17-18-33(36(31)40)45-21-5-8-30(45)23-42-35(46)19-13-26-11-15-28(16-12-26)38(47)43-22-29-7-2-3-20-41-29/h2-12,14-18,20-21H,13,19,22-24H2,1H3,(H,42,46)(H,43,47). The first-order valence-corrected chi connectivity index (χ1v) is 16.3. The lowest BCUT2D eigenvalue weighted by Crippen LogP contribution is -2.24. The number of hydrogen-bond donors (Lipinski definition) is 2. The molecule has 242 valence electrons. The predicted molar refractivity (Wildman–Crippen MR) is 189 cm³/mol. The molecule has 48 heavy (non-hydrogen) atoms. The number of ether oxygens (including phenoxy) is 1. The molecule has 0 aliphatic heterocycles. The molecular weight excluding hydrogens is 645 g/mol. The van der Waals surface area contributed by atoms with Gasteiger partial charge in [-0.05, 0) is 79.6 Å². The zero-order chi connectivity index (χ0) is 33.5. The number of aryl methyl sites for hydroxylation is 2. The number of carbonyl (C=O) groups excluding carboxylic acids is 2. The molecule has 0 bridgehead atoms. The second kappa shape index (κ2) is 15.2. The van der Waals surface area contributed by atoms with Crippen molar-refractivity contribution in [2.45, 2.75) is 39.5 Å². The van der Waals surface area contributed by atoms with E-state index in [9.17, 15) is 9.59 Å². The summed E-state index contributed by atoms with van der Waals surface area (Å²) in [6.45, 7) is 2.77. The number of aromatic nitrogens is 3. The van der Waals surface area contributed by atoms with E-state index in [0.717, 1.165) is 39.2 Å². The van der Waals surface area contributed by atoms with Gasteiger partial charge in [-0.3, -0.25) is 14.6 Å². The molecule has 0 radical (unpaired) electrons. The fraction of sp³-hybridized carbons (Fsp3) is 0.158. The molecule has 3 heterocycles. The minimum Gasteiger partial charge on any atom is -0.487 e. The van der Waals surface area contributed by atoms with E-state index in [4.69, 9.17) is 27.9 Å². The monoisotopic (exact) mass is 677 g/mol. The van der Waals surface area contributed by atoms with Gasteiger partial charge in [0, 0.05) is 51.7 Å². The zero-order valence-electron chi connectivity index (χ0n) is 26.3. The lowest BCUT2D eigenvalue weighted by Gasteiger charge is -2.16. The quantitative estimate of drug-likeness (QED) is 0.138. The summed E-state index contributed by atoms with van der Waals surface area (Å²) in [6.07, 6.45) is 4.43. The number of halogens is 2. The van der Waals surface area contributed by atoms with Crippen LogP contribution in [-0.4, -0.2) is 26.3 Å². The Hall–Kier alpha value is -5.18. The van der Waals surface area contributed by atoms with Gasteiger partial charge in [-0.25, -0.2) is 4.98 Å².